The molecule has 2 aliphatic rings. The number of hydrogen-bond donors (Lipinski definition) is 0. The number of hydrogen-bond acceptors (Lipinski definition) is 5. The van der Waals surface area contributed by atoms with Crippen LogP contribution in [0.4, 0.5) is 0 Å². The second-order valence-corrected chi connectivity index (χ2v) is 8.12. The molecule has 2 aliphatic heterocycles. The molecule has 2 saturated heterocycles. The Morgan fingerprint density at radius 1 is 1.06 bits per heavy atom. The van der Waals surface area contributed by atoms with Crippen LogP contribution >= 0.6 is 0 Å². The minimum absolute atomic E-state index is 0.212. The standard InChI is InChI=1S/C24H22N2O5/c1-14-21(24(29)26-11-18-19(12-26)23(28)25(2)22(18)27)17-10-16(8-9-20(17)31-14)30-13-15-6-4-3-5-7-15/h3-10,18-19H,11-13H2,1-2H3/t18-,19+. The number of furan rings is 1. The number of fused-ring (bicyclic) bond motifs is 2. The van der Waals surface area contributed by atoms with Crippen LogP contribution in [-0.4, -0.2) is 47.7 Å². The van der Waals surface area contributed by atoms with Gasteiger partial charge in [-0.3, -0.25) is 19.3 Å². The summed E-state index contributed by atoms with van der Waals surface area (Å²) in [6.45, 7) is 2.65. The first-order valence-electron chi connectivity index (χ1n) is 10.2. The van der Waals surface area contributed by atoms with Gasteiger partial charge in [0.2, 0.25) is 11.8 Å². The molecule has 0 spiro atoms. The van der Waals surface area contributed by atoms with Crippen LogP contribution in [0.15, 0.2) is 52.9 Å². The zero-order valence-electron chi connectivity index (χ0n) is 17.3. The number of carbonyl (C=O) groups excluding carboxylic acids is 3. The van der Waals surface area contributed by atoms with Gasteiger partial charge in [-0.2, -0.15) is 0 Å². The first-order valence-corrected chi connectivity index (χ1v) is 10.2. The van der Waals surface area contributed by atoms with Crippen molar-refractivity contribution in [3.05, 3.63) is 65.4 Å². The largest absolute Gasteiger partial charge is 0.489 e. The van der Waals surface area contributed by atoms with Crippen molar-refractivity contribution in [1.29, 1.82) is 0 Å². The SMILES string of the molecule is Cc1oc2ccc(OCc3ccccc3)cc2c1C(=O)N1C[C@@H]2C(=O)N(C)C(=O)[C@@H]2C1. The van der Waals surface area contributed by atoms with Crippen LogP contribution in [0.3, 0.4) is 0 Å². The van der Waals surface area contributed by atoms with Crippen LogP contribution in [0.25, 0.3) is 11.0 Å². The van der Waals surface area contributed by atoms with Crippen molar-refractivity contribution >= 4 is 28.7 Å². The Hall–Kier alpha value is -3.61. The number of amides is 3. The van der Waals surface area contributed by atoms with Gasteiger partial charge in [0.15, 0.2) is 0 Å². The maximum absolute atomic E-state index is 13.3. The Labute approximate surface area is 179 Å². The summed E-state index contributed by atoms with van der Waals surface area (Å²) in [7, 11) is 1.50. The third-order valence-corrected chi connectivity index (χ3v) is 6.20. The van der Waals surface area contributed by atoms with E-state index in [1.807, 2.05) is 42.5 Å². The van der Waals surface area contributed by atoms with Crippen LogP contribution in [0.5, 0.6) is 5.75 Å². The van der Waals surface area contributed by atoms with E-state index in [2.05, 4.69) is 0 Å². The van der Waals surface area contributed by atoms with E-state index in [0.29, 0.717) is 34.6 Å². The molecule has 158 valence electrons. The van der Waals surface area contributed by atoms with Gasteiger partial charge in [-0.1, -0.05) is 30.3 Å². The van der Waals surface area contributed by atoms with Gasteiger partial charge < -0.3 is 14.1 Å². The fourth-order valence-electron chi connectivity index (χ4n) is 4.53. The zero-order valence-corrected chi connectivity index (χ0v) is 17.3. The minimum atomic E-state index is -0.454. The summed E-state index contributed by atoms with van der Waals surface area (Å²) in [5.41, 5.74) is 2.10. The molecule has 0 bridgehead atoms. The number of carbonyl (C=O) groups is 3. The van der Waals surface area contributed by atoms with E-state index in [1.54, 1.807) is 17.9 Å². The van der Waals surface area contributed by atoms with E-state index in [-0.39, 0.29) is 30.8 Å². The molecule has 2 atom stereocenters. The van der Waals surface area contributed by atoms with Crippen molar-refractivity contribution in [2.75, 3.05) is 20.1 Å². The smallest absolute Gasteiger partial charge is 0.258 e. The van der Waals surface area contributed by atoms with Gasteiger partial charge in [0.05, 0.1) is 17.4 Å². The molecule has 3 heterocycles. The first-order chi connectivity index (χ1) is 14.9. The van der Waals surface area contributed by atoms with Crippen molar-refractivity contribution in [3.8, 4) is 5.75 Å². The van der Waals surface area contributed by atoms with Crippen molar-refractivity contribution in [2.24, 2.45) is 11.8 Å². The molecule has 5 rings (SSSR count). The molecule has 0 radical (unpaired) electrons. The molecular formula is C24H22N2O5. The summed E-state index contributed by atoms with van der Waals surface area (Å²) < 4.78 is 11.7. The molecule has 2 fully saturated rings. The van der Waals surface area contributed by atoms with Gasteiger partial charge in [-0.05, 0) is 30.7 Å². The summed E-state index contributed by atoms with van der Waals surface area (Å²) in [5.74, 6) is -0.418. The highest BCUT2D eigenvalue weighted by atomic mass is 16.5. The Morgan fingerprint density at radius 3 is 2.42 bits per heavy atom. The summed E-state index contributed by atoms with van der Waals surface area (Å²) in [5, 5.41) is 0.667. The van der Waals surface area contributed by atoms with E-state index < -0.39 is 11.8 Å². The monoisotopic (exact) mass is 418 g/mol. The Kier molecular flexibility index (Phi) is 4.54. The molecule has 0 aliphatic carbocycles. The van der Waals surface area contributed by atoms with Gasteiger partial charge in [-0.25, -0.2) is 0 Å². The lowest BCUT2D eigenvalue weighted by atomic mass is 10.00. The van der Waals surface area contributed by atoms with E-state index in [1.165, 1.54) is 11.9 Å². The van der Waals surface area contributed by atoms with Gasteiger partial charge >= 0.3 is 0 Å². The van der Waals surface area contributed by atoms with Crippen molar-refractivity contribution < 1.29 is 23.5 Å². The lowest BCUT2D eigenvalue weighted by Gasteiger charge is -2.18. The normalized spacial score (nSPS) is 20.6. The van der Waals surface area contributed by atoms with Crippen LogP contribution in [0, 0.1) is 18.8 Å². The molecule has 7 nitrogen and oxygen atoms in total. The third-order valence-electron chi connectivity index (χ3n) is 6.20. The lowest BCUT2D eigenvalue weighted by Crippen LogP contribution is -2.36. The van der Waals surface area contributed by atoms with E-state index in [4.69, 9.17) is 9.15 Å². The fourth-order valence-corrected chi connectivity index (χ4v) is 4.53. The van der Waals surface area contributed by atoms with Crippen LogP contribution in [0.2, 0.25) is 0 Å². The maximum Gasteiger partial charge on any atom is 0.258 e. The first kappa shape index (κ1) is 19.4. The van der Waals surface area contributed by atoms with E-state index in [0.717, 1.165) is 5.56 Å². The van der Waals surface area contributed by atoms with Crippen molar-refractivity contribution in [1.82, 2.24) is 9.80 Å². The van der Waals surface area contributed by atoms with E-state index >= 15 is 0 Å². The van der Waals surface area contributed by atoms with Crippen molar-refractivity contribution in [3.63, 3.8) is 0 Å². The highest BCUT2D eigenvalue weighted by molar-refractivity contribution is 6.10. The number of imide groups is 1. The molecule has 31 heavy (non-hydrogen) atoms. The average molecular weight is 418 g/mol. The highest BCUT2D eigenvalue weighted by Crippen LogP contribution is 2.36. The van der Waals surface area contributed by atoms with Crippen LogP contribution < -0.4 is 4.74 Å². The molecular weight excluding hydrogens is 396 g/mol. The van der Waals surface area contributed by atoms with Crippen LogP contribution in [0.1, 0.15) is 21.7 Å². The number of aryl methyl sites for hydroxylation is 1. The van der Waals surface area contributed by atoms with Gasteiger partial charge in [-0.15, -0.1) is 0 Å². The van der Waals surface area contributed by atoms with Gasteiger partial charge in [0.1, 0.15) is 23.7 Å². The molecule has 1 aromatic heterocycles. The summed E-state index contributed by atoms with van der Waals surface area (Å²) in [6.07, 6.45) is 0. The summed E-state index contributed by atoms with van der Waals surface area (Å²) in [6, 6.07) is 15.2. The molecule has 3 aromatic rings. The number of ether oxygens (including phenoxy) is 1. The Morgan fingerprint density at radius 2 is 1.74 bits per heavy atom. The molecule has 0 N–H and O–H groups in total. The Bertz CT molecular complexity index is 1180. The molecule has 2 aromatic carbocycles. The molecule has 3 amide bonds. The topological polar surface area (TPSA) is 80.1 Å². The number of likely N-dealkylation sites (tertiary alicyclic amines) is 2. The minimum Gasteiger partial charge on any atom is -0.489 e. The highest BCUT2D eigenvalue weighted by Gasteiger charge is 2.52. The number of benzene rings is 2. The van der Waals surface area contributed by atoms with Gasteiger partial charge in [0, 0.05) is 25.5 Å². The average Bonchev–Trinajstić information content (AvgIpc) is 3.42. The quantitative estimate of drug-likeness (QED) is 0.609. The lowest BCUT2D eigenvalue weighted by molar-refractivity contribution is -0.138. The molecule has 7 heteroatoms. The zero-order chi connectivity index (χ0) is 21.7. The Balaban J connectivity index is 1.40. The summed E-state index contributed by atoms with van der Waals surface area (Å²) >= 11 is 0. The molecule has 0 unspecified atom stereocenters. The number of rotatable bonds is 4. The summed E-state index contributed by atoms with van der Waals surface area (Å²) in [4.78, 5) is 40.7. The van der Waals surface area contributed by atoms with Crippen LogP contribution in [-0.2, 0) is 16.2 Å². The van der Waals surface area contributed by atoms with Crippen molar-refractivity contribution in [2.45, 2.75) is 13.5 Å². The third kappa shape index (κ3) is 3.17. The number of nitrogens with zero attached hydrogens (tertiary/aromatic N) is 2. The maximum atomic E-state index is 13.3. The predicted octanol–water partition coefficient (Wildman–Crippen LogP) is 3.01. The van der Waals surface area contributed by atoms with Gasteiger partial charge in [0.25, 0.3) is 5.91 Å². The fraction of sp³-hybridized carbons (Fsp3) is 0.292. The van der Waals surface area contributed by atoms with E-state index in [9.17, 15) is 14.4 Å². The predicted molar refractivity (Wildman–Crippen MR) is 112 cm³/mol. The molecule has 0 saturated carbocycles. The second-order valence-electron chi connectivity index (χ2n) is 8.12. The second kappa shape index (κ2) is 7.27.